The molecule has 2 amide bonds. The predicted molar refractivity (Wildman–Crippen MR) is 108 cm³/mol. The maximum absolute atomic E-state index is 12.5. The van der Waals surface area contributed by atoms with Crippen LogP contribution < -0.4 is 14.8 Å². The molecule has 2 aromatic carbocycles. The molecule has 3 rings (SSSR count). The second-order valence-corrected chi connectivity index (χ2v) is 7.22. The Balaban J connectivity index is 1.75. The van der Waals surface area contributed by atoms with Gasteiger partial charge in [-0.1, -0.05) is 12.1 Å². The Morgan fingerprint density at radius 3 is 2.79 bits per heavy atom. The van der Waals surface area contributed by atoms with Crippen LogP contribution in [0.15, 0.2) is 42.5 Å². The van der Waals surface area contributed by atoms with Crippen molar-refractivity contribution in [1.82, 2.24) is 4.90 Å². The number of anilines is 1. The van der Waals surface area contributed by atoms with Crippen molar-refractivity contribution in [3.63, 3.8) is 0 Å². The molecule has 1 aliphatic heterocycles. The second-order valence-electron chi connectivity index (χ2n) is 7.22. The minimum atomic E-state index is -0.530. The zero-order valence-corrected chi connectivity index (χ0v) is 16.7. The van der Waals surface area contributed by atoms with E-state index in [1.54, 1.807) is 25.0 Å². The molecule has 28 heavy (non-hydrogen) atoms. The summed E-state index contributed by atoms with van der Waals surface area (Å²) in [5.41, 5.74) is 2.44. The van der Waals surface area contributed by atoms with Crippen LogP contribution in [0.5, 0.6) is 11.5 Å². The Hall–Kier alpha value is -3.02. The predicted octanol–water partition coefficient (Wildman–Crippen LogP) is 3.39. The molecule has 1 atom stereocenters. The first-order chi connectivity index (χ1) is 13.4. The number of benzene rings is 2. The lowest BCUT2D eigenvalue weighted by atomic mass is 10.1. The number of hydrogen-bond donors (Lipinski definition) is 1. The van der Waals surface area contributed by atoms with Gasteiger partial charge in [-0.2, -0.15) is 0 Å². The van der Waals surface area contributed by atoms with Crippen molar-refractivity contribution in [2.24, 2.45) is 0 Å². The van der Waals surface area contributed by atoms with Gasteiger partial charge in [0, 0.05) is 23.8 Å². The van der Waals surface area contributed by atoms with E-state index in [0.717, 1.165) is 16.9 Å². The molecule has 0 saturated heterocycles. The third-order valence-electron chi connectivity index (χ3n) is 4.74. The van der Waals surface area contributed by atoms with Gasteiger partial charge in [-0.05, 0) is 56.7 Å². The van der Waals surface area contributed by atoms with E-state index >= 15 is 0 Å². The Bertz CT molecular complexity index is 879. The highest BCUT2D eigenvalue weighted by atomic mass is 16.5. The Morgan fingerprint density at radius 1 is 1.29 bits per heavy atom. The van der Waals surface area contributed by atoms with E-state index in [4.69, 9.17) is 9.47 Å². The first-order valence-corrected chi connectivity index (χ1v) is 9.40. The van der Waals surface area contributed by atoms with Gasteiger partial charge in [-0.3, -0.25) is 9.59 Å². The molecule has 0 spiro atoms. The first-order valence-electron chi connectivity index (χ1n) is 9.40. The summed E-state index contributed by atoms with van der Waals surface area (Å²) in [6, 6.07) is 13.0. The molecule has 1 N–H and O–H groups in total. The molecular formula is C22H26N2O4. The molecular weight excluding hydrogens is 356 g/mol. The normalized spacial score (nSPS) is 16.2. The highest BCUT2D eigenvalue weighted by Gasteiger charge is 2.29. The fourth-order valence-corrected chi connectivity index (χ4v) is 3.24. The molecule has 1 aliphatic rings. The van der Waals surface area contributed by atoms with E-state index in [1.165, 1.54) is 0 Å². The topological polar surface area (TPSA) is 67.9 Å². The third kappa shape index (κ3) is 4.44. The average molecular weight is 382 g/mol. The highest BCUT2D eigenvalue weighted by molar-refractivity contribution is 5.92. The molecule has 0 saturated carbocycles. The number of ether oxygens (including phenoxy) is 2. The summed E-state index contributed by atoms with van der Waals surface area (Å²) < 4.78 is 11.0. The maximum atomic E-state index is 12.5. The minimum absolute atomic E-state index is 0.0326. The number of rotatable bonds is 5. The number of nitrogens with one attached hydrogen (secondary N) is 1. The van der Waals surface area contributed by atoms with E-state index in [-0.39, 0.29) is 24.3 Å². The van der Waals surface area contributed by atoms with Crippen molar-refractivity contribution >= 4 is 17.5 Å². The zero-order chi connectivity index (χ0) is 20.3. The second kappa shape index (κ2) is 8.33. The largest absolute Gasteiger partial charge is 0.497 e. The lowest BCUT2D eigenvalue weighted by Gasteiger charge is -2.26. The molecule has 1 heterocycles. The highest BCUT2D eigenvalue weighted by Crippen LogP contribution is 2.29. The fourth-order valence-electron chi connectivity index (χ4n) is 3.24. The van der Waals surface area contributed by atoms with E-state index in [1.807, 2.05) is 50.2 Å². The van der Waals surface area contributed by atoms with Gasteiger partial charge in [0.05, 0.1) is 13.5 Å². The Kier molecular flexibility index (Phi) is 5.87. The van der Waals surface area contributed by atoms with Gasteiger partial charge in [0.25, 0.3) is 5.91 Å². The molecule has 0 aromatic heterocycles. The van der Waals surface area contributed by atoms with Crippen molar-refractivity contribution in [3.8, 4) is 11.5 Å². The van der Waals surface area contributed by atoms with E-state index in [9.17, 15) is 9.59 Å². The lowest BCUT2D eigenvalue weighted by molar-refractivity contribution is -0.139. The number of nitrogens with zero attached hydrogens (tertiary/aromatic N) is 1. The standard InChI is InChI=1S/C22H26N2O4/c1-14(2)24-13-17-12-18(8-9-20(17)28-15(3)22(24)26)23-21(25)11-16-6-5-7-19(10-16)27-4/h5-10,12,14-15H,11,13H2,1-4H3,(H,23,25). The van der Waals surface area contributed by atoms with Crippen molar-refractivity contribution in [2.75, 3.05) is 12.4 Å². The number of methoxy groups -OCH3 is 1. The smallest absolute Gasteiger partial charge is 0.263 e. The minimum Gasteiger partial charge on any atom is -0.497 e. The Labute approximate surface area is 165 Å². The summed E-state index contributed by atoms with van der Waals surface area (Å²) in [4.78, 5) is 26.7. The average Bonchev–Trinajstić information content (AvgIpc) is 2.78. The van der Waals surface area contributed by atoms with Crippen LogP contribution in [0.4, 0.5) is 5.69 Å². The van der Waals surface area contributed by atoms with E-state index in [0.29, 0.717) is 18.0 Å². The number of hydrogen-bond acceptors (Lipinski definition) is 4. The molecule has 1 unspecified atom stereocenters. The molecule has 0 aliphatic carbocycles. The van der Waals surface area contributed by atoms with Gasteiger partial charge >= 0.3 is 0 Å². The van der Waals surface area contributed by atoms with Crippen LogP contribution in [0.2, 0.25) is 0 Å². The van der Waals surface area contributed by atoms with Gasteiger partial charge in [0.1, 0.15) is 11.5 Å². The van der Waals surface area contributed by atoms with Crippen LogP contribution in [-0.4, -0.2) is 36.0 Å². The van der Waals surface area contributed by atoms with Gasteiger partial charge < -0.3 is 19.7 Å². The van der Waals surface area contributed by atoms with Gasteiger partial charge in [0.2, 0.25) is 5.91 Å². The maximum Gasteiger partial charge on any atom is 0.263 e. The summed E-state index contributed by atoms with van der Waals surface area (Å²) >= 11 is 0. The third-order valence-corrected chi connectivity index (χ3v) is 4.74. The van der Waals surface area contributed by atoms with Crippen molar-refractivity contribution < 1.29 is 19.1 Å². The molecule has 0 fully saturated rings. The SMILES string of the molecule is COc1cccc(CC(=O)Nc2ccc3c(c2)CN(C(C)C)C(=O)C(C)O3)c1. The summed E-state index contributed by atoms with van der Waals surface area (Å²) in [5.74, 6) is 1.25. The lowest BCUT2D eigenvalue weighted by Crippen LogP contribution is -2.41. The van der Waals surface area contributed by atoms with E-state index < -0.39 is 6.10 Å². The van der Waals surface area contributed by atoms with Crippen molar-refractivity contribution in [2.45, 2.75) is 45.9 Å². The van der Waals surface area contributed by atoms with Gasteiger partial charge in [-0.25, -0.2) is 0 Å². The number of amides is 2. The first kappa shape index (κ1) is 19.7. The van der Waals surface area contributed by atoms with Crippen LogP contribution >= 0.6 is 0 Å². The Morgan fingerprint density at radius 2 is 2.07 bits per heavy atom. The molecule has 2 aromatic rings. The summed E-state index contributed by atoms with van der Waals surface area (Å²) in [6.45, 7) is 6.18. The molecule has 148 valence electrons. The number of fused-ring (bicyclic) bond motifs is 1. The van der Waals surface area contributed by atoms with Crippen LogP contribution in [-0.2, 0) is 22.6 Å². The molecule has 0 bridgehead atoms. The van der Waals surface area contributed by atoms with Crippen molar-refractivity contribution in [1.29, 1.82) is 0 Å². The van der Waals surface area contributed by atoms with Crippen LogP contribution in [0.1, 0.15) is 31.9 Å². The summed E-state index contributed by atoms with van der Waals surface area (Å²) in [6.07, 6.45) is -0.282. The zero-order valence-electron chi connectivity index (χ0n) is 16.7. The van der Waals surface area contributed by atoms with Crippen LogP contribution in [0.3, 0.4) is 0 Å². The van der Waals surface area contributed by atoms with Gasteiger partial charge in [-0.15, -0.1) is 0 Å². The quantitative estimate of drug-likeness (QED) is 0.861. The van der Waals surface area contributed by atoms with Crippen LogP contribution in [0, 0.1) is 0 Å². The van der Waals surface area contributed by atoms with Crippen molar-refractivity contribution in [3.05, 3.63) is 53.6 Å². The summed E-state index contributed by atoms with van der Waals surface area (Å²) in [5, 5.41) is 2.93. The van der Waals surface area contributed by atoms with Gasteiger partial charge in [0.15, 0.2) is 6.10 Å². The summed E-state index contributed by atoms with van der Waals surface area (Å²) in [7, 11) is 1.60. The molecule has 0 radical (unpaired) electrons. The molecule has 6 heteroatoms. The number of carbonyl (C=O) groups excluding carboxylic acids is 2. The number of carbonyl (C=O) groups is 2. The monoisotopic (exact) mass is 382 g/mol. The molecule has 6 nitrogen and oxygen atoms in total. The van der Waals surface area contributed by atoms with Crippen LogP contribution in [0.25, 0.3) is 0 Å². The fraction of sp³-hybridized carbons (Fsp3) is 0.364. The van der Waals surface area contributed by atoms with E-state index in [2.05, 4.69) is 5.32 Å².